The summed E-state index contributed by atoms with van der Waals surface area (Å²) in [5.74, 6) is 0.599. The van der Waals surface area contributed by atoms with Crippen LogP contribution in [0.1, 0.15) is 37.0 Å². The molecule has 0 saturated carbocycles. The second kappa shape index (κ2) is 7.13. The van der Waals surface area contributed by atoms with Gasteiger partial charge >= 0.3 is 0 Å². The van der Waals surface area contributed by atoms with E-state index in [-0.39, 0.29) is 11.0 Å². The number of hydrogen-bond acceptors (Lipinski definition) is 4. The van der Waals surface area contributed by atoms with E-state index < -0.39 is 0 Å². The third kappa shape index (κ3) is 2.82. The third-order valence-corrected chi connectivity index (χ3v) is 6.92. The van der Waals surface area contributed by atoms with Crippen LogP contribution in [0.2, 0.25) is 0 Å². The van der Waals surface area contributed by atoms with Crippen molar-refractivity contribution in [1.29, 1.82) is 0 Å². The molecule has 0 aliphatic heterocycles. The number of fused-ring (bicyclic) bond motifs is 4. The van der Waals surface area contributed by atoms with Crippen molar-refractivity contribution in [3.63, 3.8) is 0 Å². The van der Waals surface area contributed by atoms with Crippen molar-refractivity contribution in [2.24, 2.45) is 0 Å². The van der Waals surface area contributed by atoms with Gasteiger partial charge in [-0.25, -0.2) is 14.1 Å². The predicted molar refractivity (Wildman–Crippen MR) is 121 cm³/mol. The zero-order valence-corrected chi connectivity index (χ0v) is 18.2. The lowest BCUT2D eigenvalue weighted by atomic mass is 9.69. The van der Waals surface area contributed by atoms with Crippen LogP contribution in [0.5, 0.6) is 0 Å². The Kier molecular flexibility index (Phi) is 4.54. The van der Waals surface area contributed by atoms with Gasteiger partial charge in [0, 0.05) is 11.0 Å². The minimum absolute atomic E-state index is 0.0116. The van der Waals surface area contributed by atoms with Gasteiger partial charge in [-0.1, -0.05) is 80.2 Å². The topological polar surface area (TPSA) is 52.2 Å². The lowest BCUT2D eigenvalue weighted by Crippen LogP contribution is -2.37. The lowest BCUT2D eigenvalue weighted by molar-refractivity contribution is 0.439. The van der Waals surface area contributed by atoms with Crippen molar-refractivity contribution in [2.75, 3.05) is 6.26 Å². The fourth-order valence-electron chi connectivity index (χ4n) is 4.50. The highest BCUT2D eigenvalue weighted by atomic mass is 32.2. The maximum absolute atomic E-state index is 13.9. The number of benzene rings is 2. The highest BCUT2D eigenvalue weighted by Gasteiger charge is 2.38. The van der Waals surface area contributed by atoms with E-state index in [1.54, 1.807) is 4.40 Å². The molecular weight excluding hydrogens is 392 g/mol. The van der Waals surface area contributed by atoms with Crippen molar-refractivity contribution in [2.45, 2.75) is 43.8 Å². The Morgan fingerprint density at radius 1 is 1.10 bits per heavy atom. The molecule has 4 aromatic rings. The molecule has 2 aromatic carbocycles. The SMILES string of the molecule is CCC1(C)Cc2ccccc2-c2nc3n(Cc4ccccc4)nc(SC)n3c(=O)c21. The van der Waals surface area contributed by atoms with Crippen LogP contribution in [0.4, 0.5) is 0 Å². The molecule has 0 fully saturated rings. The Morgan fingerprint density at radius 3 is 2.57 bits per heavy atom. The molecule has 2 aromatic heterocycles. The van der Waals surface area contributed by atoms with Crippen molar-refractivity contribution >= 4 is 17.5 Å². The van der Waals surface area contributed by atoms with Crippen LogP contribution in [-0.4, -0.2) is 25.4 Å². The van der Waals surface area contributed by atoms with Crippen molar-refractivity contribution in [3.8, 4) is 11.3 Å². The number of aromatic nitrogens is 4. The largest absolute Gasteiger partial charge is 0.268 e. The first-order valence-corrected chi connectivity index (χ1v) is 11.5. The zero-order valence-electron chi connectivity index (χ0n) is 17.4. The standard InChI is InChI=1S/C24H24N4OS/c1-4-24(2)14-17-12-8-9-13-18(17)20-19(24)21(29)28-22(25-20)27(26-23(28)30-3)15-16-10-6-5-7-11-16/h5-13H,4,14-15H2,1-3H3. The van der Waals surface area contributed by atoms with E-state index in [1.165, 1.54) is 17.3 Å². The predicted octanol–water partition coefficient (Wildman–Crippen LogP) is 4.55. The van der Waals surface area contributed by atoms with E-state index in [4.69, 9.17) is 10.1 Å². The van der Waals surface area contributed by atoms with Crippen LogP contribution in [-0.2, 0) is 18.4 Å². The van der Waals surface area contributed by atoms with Gasteiger partial charge in [-0.05, 0) is 30.2 Å². The smallest absolute Gasteiger partial charge is 0.265 e. The molecule has 1 atom stereocenters. The Morgan fingerprint density at radius 2 is 1.83 bits per heavy atom. The summed E-state index contributed by atoms with van der Waals surface area (Å²) in [5.41, 5.74) is 4.84. The highest BCUT2D eigenvalue weighted by Crippen LogP contribution is 2.42. The molecule has 1 aliphatic rings. The van der Waals surface area contributed by atoms with Crippen LogP contribution in [0, 0.1) is 0 Å². The molecular formula is C24H24N4OS. The van der Waals surface area contributed by atoms with Gasteiger partial charge in [0.05, 0.1) is 17.8 Å². The maximum atomic E-state index is 13.9. The second-order valence-corrected chi connectivity index (χ2v) is 8.93. The van der Waals surface area contributed by atoms with Crippen LogP contribution >= 0.6 is 11.8 Å². The molecule has 1 aliphatic carbocycles. The molecule has 0 spiro atoms. The molecule has 0 saturated heterocycles. The molecule has 5 nitrogen and oxygen atoms in total. The number of nitrogens with zero attached hydrogens (tertiary/aromatic N) is 4. The van der Waals surface area contributed by atoms with Crippen molar-refractivity contribution < 1.29 is 0 Å². The third-order valence-electron chi connectivity index (χ3n) is 6.29. The van der Waals surface area contributed by atoms with Gasteiger partial charge in [-0.15, -0.1) is 5.10 Å². The maximum Gasteiger partial charge on any atom is 0.265 e. The van der Waals surface area contributed by atoms with Gasteiger partial charge in [0.15, 0.2) is 5.16 Å². The molecule has 6 heteroatoms. The molecule has 152 valence electrons. The van der Waals surface area contributed by atoms with Crippen LogP contribution in [0.3, 0.4) is 0 Å². The normalized spacial score (nSPS) is 17.7. The van der Waals surface area contributed by atoms with E-state index >= 15 is 0 Å². The van der Waals surface area contributed by atoms with Crippen LogP contribution in [0.25, 0.3) is 17.0 Å². The summed E-state index contributed by atoms with van der Waals surface area (Å²) in [6.07, 6.45) is 3.68. The quantitative estimate of drug-likeness (QED) is 0.458. The van der Waals surface area contributed by atoms with Gasteiger partial charge in [0.1, 0.15) is 0 Å². The van der Waals surface area contributed by atoms with Crippen LogP contribution in [0.15, 0.2) is 64.5 Å². The molecule has 2 heterocycles. The number of thioether (sulfide) groups is 1. The monoisotopic (exact) mass is 416 g/mol. The number of rotatable bonds is 4. The van der Waals surface area contributed by atoms with Gasteiger partial charge in [0.25, 0.3) is 5.56 Å². The minimum atomic E-state index is -0.244. The van der Waals surface area contributed by atoms with Gasteiger partial charge in [-0.2, -0.15) is 0 Å². The summed E-state index contributed by atoms with van der Waals surface area (Å²) >= 11 is 1.48. The van der Waals surface area contributed by atoms with E-state index in [0.717, 1.165) is 35.2 Å². The lowest BCUT2D eigenvalue weighted by Gasteiger charge is -2.35. The zero-order chi connectivity index (χ0) is 20.9. The second-order valence-electron chi connectivity index (χ2n) is 8.15. The Hall–Kier alpha value is -2.86. The van der Waals surface area contributed by atoms with E-state index in [0.29, 0.717) is 17.5 Å². The first kappa shape index (κ1) is 19.1. The van der Waals surface area contributed by atoms with E-state index in [1.807, 2.05) is 35.2 Å². The summed E-state index contributed by atoms with van der Waals surface area (Å²) in [6, 6.07) is 18.5. The summed E-state index contributed by atoms with van der Waals surface area (Å²) in [4.78, 5) is 18.9. The molecule has 1 unspecified atom stereocenters. The molecule has 0 radical (unpaired) electrons. The summed E-state index contributed by atoms with van der Waals surface area (Å²) in [7, 11) is 0. The highest BCUT2D eigenvalue weighted by molar-refractivity contribution is 7.98. The van der Waals surface area contributed by atoms with Crippen molar-refractivity contribution in [3.05, 3.63) is 81.6 Å². The Labute approximate surface area is 179 Å². The first-order chi connectivity index (χ1) is 14.6. The van der Waals surface area contributed by atoms with Gasteiger partial charge < -0.3 is 0 Å². The number of hydrogen-bond donors (Lipinski definition) is 0. The summed E-state index contributed by atoms with van der Waals surface area (Å²) < 4.78 is 3.55. The first-order valence-electron chi connectivity index (χ1n) is 10.3. The molecule has 5 rings (SSSR count). The Balaban J connectivity index is 1.83. The molecule has 30 heavy (non-hydrogen) atoms. The molecule has 0 amide bonds. The average molecular weight is 417 g/mol. The van der Waals surface area contributed by atoms with Gasteiger partial charge in [-0.3, -0.25) is 4.79 Å². The summed E-state index contributed by atoms with van der Waals surface area (Å²) in [6.45, 7) is 4.91. The summed E-state index contributed by atoms with van der Waals surface area (Å²) in [5, 5.41) is 5.42. The molecule has 0 bridgehead atoms. The van der Waals surface area contributed by atoms with E-state index in [9.17, 15) is 4.79 Å². The van der Waals surface area contributed by atoms with E-state index in [2.05, 4.69) is 44.2 Å². The van der Waals surface area contributed by atoms with Crippen LogP contribution < -0.4 is 5.56 Å². The average Bonchev–Trinajstić information content (AvgIpc) is 3.12. The fraction of sp³-hybridized carbons (Fsp3) is 0.292. The van der Waals surface area contributed by atoms with Gasteiger partial charge in [0.2, 0.25) is 5.78 Å². The minimum Gasteiger partial charge on any atom is -0.268 e. The molecule has 0 N–H and O–H groups in total. The van der Waals surface area contributed by atoms with Crippen molar-refractivity contribution in [1.82, 2.24) is 19.2 Å². The Bertz CT molecular complexity index is 1310. The fourth-order valence-corrected chi connectivity index (χ4v) is 5.02.